The average Bonchev–Trinajstić information content (AvgIpc) is 3.12. The van der Waals surface area contributed by atoms with Crippen LogP contribution < -0.4 is 14.8 Å². The first-order valence-corrected chi connectivity index (χ1v) is 8.57. The first-order chi connectivity index (χ1) is 13.3. The number of hydrogen-bond acceptors (Lipinski definition) is 7. The standard InChI is InChI=1S/C17H12Cl2N2O7/c1-8(16(22)20-13-6-10(21(24)25)2-3-11(13)18)28-17(23)9-4-12(19)15-14(5-9)26-7-27-15/h2-6,8H,7H2,1H3,(H,20,22). The molecular weight excluding hydrogens is 415 g/mol. The molecule has 1 N–H and O–H groups in total. The third kappa shape index (κ3) is 4.10. The molecule has 1 aliphatic heterocycles. The van der Waals surface area contributed by atoms with Crippen LogP contribution in [0.5, 0.6) is 11.5 Å². The third-order valence-electron chi connectivity index (χ3n) is 3.73. The van der Waals surface area contributed by atoms with E-state index in [2.05, 4.69) is 5.32 Å². The Kier molecular flexibility index (Phi) is 5.57. The van der Waals surface area contributed by atoms with E-state index in [1.54, 1.807) is 0 Å². The number of nitro groups is 1. The second kappa shape index (κ2) is 7.91. The fraction of sp³-hybridized carbons (Fsp3) is 0.176. The highest BCUT2D eigenvalue weighted by molar-refractivity contribution is 6.34. The van der Waals surface area contributed by atoms with Crippen molar-refractivity contribution in [1.29, 1.82) is 0 Å². The summed E-state index contributed by atoms with van der Waals surface area (Å²) in [5.74, 6) is -0.917. The van der Waals surface area contributed by atoms with Crippen LogP contribution >= 0.6 is 23.2 Å². The fourth-order valence-electron chi connectivity index (χ4n) is 2.32. The molecule has 1 heterocycles. The van der Waals surface area contributed by atoms with Crippen molar-refractivity contribution < 1.29 is 28.7 Å². The van der Waals surface area contributed by atoms with Gasteiger partial charge in [-0.15, -0.1) is 0 Å². The van der Waals surface area contributed by atoms with Crippen LogP contribution in [0.3, 0.4) is 0 Å². The highest BCUT2D eigenvalue weighted by Crippen LogP contribution is 2.40. The van der Waals surface area contributed by atoms with Crippen LogP contribution in [0.1, 0.15) is 17.3 Å². The maximum absolute atomic E-state index is 12.3. The molecular formula is C17H12Cl2N2O7. The number of fused-ring (bicyclic) bond motifs is 1. The molecule has 28 heavy (non-hydrogen) atoms. The number of non-ortho nitro benzene ring substituents is 1. The number of amides is 1. The number of ether oxygens (including phenoxy) is 3. The van der Waals surface area contributed by atoms with E-state index in [4.69, 9.17) is 37.4 Å². The molecule has 146 valence electrons. The smallest absolute Gasteiger partial charge is 0.339 e. The summed E-state index contributed by atoms with van der Waals surface area (Å²) in [7, 11) is 0. The minimum absolute atomic E-state index is 0.0175. The molecule has 0 aromatic heterocycles. The average molecular weight is 427 g/mol. The molecule has 1 unspecified atom stereocenters. The highest BCUT2D eigenvalue weighted by Gasteiger charge is 2.24. The second-order valence-electron chi connectivity index (χ2n) is 5.65. The lowest BCUT2D eigenvalue weighted by atomic mass is 10.2. The summed E-state index contributed by atoms with van der Waals surface area (Å²) in [6.07, 6.45) is -1.22. The number of esters is 1. The van der Waals surface area contributed by atoms with Crippen molar-refractivity contribution in [3.05, 3.63) is 56.1 Å². The summed E-state index contributed by atoms with van der Waals surface area (Å²) in [6.45, 7) is 1.32. The number of carbonyl (C=O) groups excluding carboxylic acids is 2. The number of nitrogens with zero attached hydrogens (tertiary/aromatic N) is 1. The lowest BCUT2D eigenvalue weighted by Gasteiger charge is -2.14. The van der Waals surface area contributed by atoms with Gasteiger partial charge in [-0.1, -0.05) is 23.2 Å². The van der Waals surface area contributed by atoms with E-state index < -0.39 is 22.9 Å². The third-order valence-corrected chi connectivity index (χ3v) is 4.34. The van der Waals surface area contributed by atoms with Gasteiger partial charge >= 0.3 is 5.97 Å². The van der Waals surface area contributed by atoms with Gasteiger partial charge < -0.3 is 19.5 Å². The van der Waals surface area contributed by atoms with E-state index in [-0.39, 0.29) is 33.8 Å². The molecule has 3 rings (SSSR count). The maximum atomic E-state index is 12.3. The number of rotatable bonds is 5. The summed E-state index contributed by atoms with van der Waals surface area (Å²) in [5, 5.41) is 13.5. The number of hydrogen-bond donors (Lipinski definition) is 1. The summed E-state index contributed by atoms with van der Waals surface area (Å²) in [4.78, 5) is 34.8. The second-order valence-corrected chi connectivity index (χ2v) is 6.46. The van der Waals surface area contributed by atoms with Gasteiger partial charge in [0.05, 0.1) is 26.2 Å². The Morgan fingerprint density at radius 1 is 1.21 bits per heavy atom. The predicted octanol–water partition coefficient (Wildman–Crippen LogP) is 3.81. The molecule has 0 bridgehead atoms. The van der Waals surface area contributed by atoms with Crippen LogP contribution in [0, 0.1) is 10.1 Å². The first kappa shape index (κ1) is 19.7. The number of halogens is 2. The number of nitrogens with one attached hydrogen (secondary N) is 1. The lowest BCUT2D eigenvalue weighted by molar-refractivity contribution is -0.384. The molecule has 9 nitrogen and oxygen atoms in total. The van der Waals surface area contributed by atoms with E-state index in [1.165, 1.54) is 31.2 Å². The zero-order valence-electron chi connectivity index (χ0n) is 14.2. The van der Waals surface area contributed by atoms with Crippen molar-refractivity contribution in [2.24, 2.45) is 0 Å². The lowest BCUT2D eigenvalue weighted by Crippen LogP contribution is -2.30. The minimum atomic E-state index is -1.22. The Labute approximate surface area is 168 Å². The van der Waals surface area contributed by atoms with Crippen LogP contribution in [0.4, 0.5) is 11.4 Å². The molecule has 0 saturated carbocycles. The van der Waals surface area contributed by atoms with Crippen molar-refractivity contribution in [3.63, 3.8) is 0 Å². The molecule has 2 aromatic carbocycles. The molecule has 1 amide bonds. The number of carbonyl (C=O) groups is 2. The Balaban J connectivity index is 1.69. The normalized spacial score (nSPS) is 13.0. The van der Waals surface area contributed by atoms with Crippen LogP contribution in [-0.2, 0) is 9.53 Å². The largest absolute Gasteiger partial charge is 0.454 e. The van der Waals surface area contributed by atoms with Crippen LogP contribution in [0.15, 0.2) is 30.3 Å². The molecule has 1 aliphatic rings. The summed E-state index contributed by atoms with van der Waals surface area (Å²) < 4.78 is 15.5. The van der Waals surface area contributed by atoms with Gasteiger partial charge in [-0.25, -0.2) is 4.79 Å². The number of anilines is 1. The van der Waals surface area contributed by atoms with Crippen molar-refractivity contribution in [2.45, 2.75) is 13.0 Å². The highest BCUT2D eigenvalue weighted by atomic mass is 35.5. The molecule has 0 aliphatic carbocycles. The monoisotopic (exact) mass is 426 g/mol. The molecule has 0 fully saturated rings. The Morgan fingerprint density at radius 3 is 2.68 bits per heavy atom. The van der Waals surface area contributed by atoms with E-state index in [0.717, 1.165) is 6.07 Å². The predicted molar refractivity (Wildman–Crippen MR) is 99.2 cm³/mol. The van der Waals surface area contributed by atoms with E-state index in [1.807, 2.05) is 0 Å². The van der Waals surface area contributed by atoms with Gasteiger partial charge in [0.15, 0.2) is 17.6 Å². The Bertz CT molecular complexity index is 980. The molecule has 0 radical (unpaired) electrons. The van der Waals surface area contributed by atoms with Crippen LogP contribution in [-0.4, -0.2) is 29.7 Å². The zero-order valence-corrected chi connectivity index (χ0v) is 15.7. The number of nitro benzene ring substituents is 1. The van der Waals surface area contributed by atoms with Crippen LogP contribution in [0.25, 0.3) is 0 Å². The van der Waals surface area contributed by atoms with Gasteiger partial charge in [0.1, 0.15) is 0 Å². The molecule has 2 aromatic rings. The van der Waals surface area contributed by atoms with E-state index in [9.17, 15) is 19.7 Å². The summed E-state index contributed by atoms with van der Waals surface area (Å²) >= 11 is 12.0. The summed E-state index contributed by atoms with van der Waals surface area (Å²) in [5.41, 5.74) is -0.156. The van der Waals surface area contributed by atoms with Gasteiger partial charge in [-0.05, 0) is 25.1 Å². The van der Waals surface area contributed by atoms with Crippen LogP contribution in [0.2, 0.25) is 10.0 Å². The van der Waals surface area contributed by atoms with Gasteiger partial charge in [-0.2, -0.15) is 0 Å². The van der Waals surface area contributed by atoms with Gasteiger partial charge in [0.25, 0.3) is 11.6 Å². The van der Waals surface area contributed by atoms with E-state index in [0.29, 0.717) is 11.5 Å². The van der Waals surface area contributed by atoms with E-state index >= 15 is 0 Å². The first-order valence-electron chi connectivity index (χ1n) is 7.81. The van der Waals surface area contributed by atoms with Gasteiger partial charge in [0.2, 0.25) is 6.79 Å². The molecule has 0 saturated heterocycles. The zero-order chi connectivity index (χ0) is 20.4. The van der Waals surface area contributed by atoms with Crippen molar-refractivity contribution in [3.8, 4) is 11.5 Å². The van der Waals surface area contributed by atoms with Crippen molar-refractivity contribution in [2.75, 3.05) is 12.1 Å². The Morgan fingerprint density at radius 2 is 1.96 bits per heavy atom. The summed E-state index contributed by atoms with van der Waals surface area (Å²) in [6, 6.07) is 6.30. The number of benzene rings is 2. The minimum Gasteiger partial charge on any atom is -0.454 e. The maximum Gasteiger partial charge on any atom is 0.339 e. The molecule has 11 heteroatoms. The quantitative estimate of drug-likeness (QED) is 0.438. The topological polar surface area (TPSA) is 117 Å². The molecule has 0 spiro atoms. The van der Waals surface area contributed by atoms with Crippen molar-refractivity contribution in [1.82, 2.24) is 0 Å². The van der Waals surface area contributed by atoms with Crippen molar-refractivity contribution >= 4 is 46.5 Å². The van der Waals surface area contributed by atoms with Gasteiger partial charge in [0, 0.05) is 12.1 Å². The SMILES string of the molecule is CC(OC(=O)c1cc(Cl)c2c(c1)OCO2)C(=O)Nc1cc([N+](=O)[O-])ccc1Cl. The Hall–Kier alpha value is -3.04. The van der Waals surface area contributed by atoms with Gasteiger partial charge in [-0.3, -0.25) is 14.9 Å². The fourth-order valence-corrected chi connectivity index (χ4v) is 2.75. The molecule has 1 atom stereocenters.